The first-order chi connectivity index (χ1) is 9.88. The Balaban J connectivity index is 2.62. The van der Waals surface area contributed by atoms with Gasteiger partial charge in [-0.05, 0) is 64.8 Å². The summed E-state index contributed by atoms with van der Waals surface area (Å²) in [5, 5.41) is 0. The molecule has 124 valence electrons. The molecule has 0 radical (unpaired) electrons. The molecule has 21 heavy (non-hydrogen) atoms. The zero-order valence-electron chi connectivity index (χ0n) is 14.8. The summed E-state index contributed by atoms with van der Waals surface area (Å²) in [5.41, 5.74) is 0. The van der Waals surface area contributed by atoms with Crippen LogP contribution in [0.15, 0.2) is 0 Å². The van der Waals surface area contributed by atoms with E-state index in [1.54, 1.807) is 6.92 Å². The van der Waals surface area contributed by atoms with E-state index in [1.807, 2.05) is 4.90 Å². The van der Waals surface area contributed by atoms with E-state index in [4.69, 9.17) is 0 Å². The summed E-state index contributed by atoms with van der Waals surface area (Å²) in [6.45, 7) is 12.7. The zero-order chi connectivity index (χ0) is 15.8. The summed E-state index contributed by atoms with van der Waals surface area (Å²) < 4.78 is 0. The summed E-state index contributed by atoms with van der Waals surface area (Å²) in [6, 6.07) is 0. The van der Waals surface area contributed by atoms with Crippen molar-refractivity contribution in [3.63, 3.8) is 0 Å². The van der Waals surface area contributed by atoms with Crippen molar-refractivity contribution in [1.82, 2.24) is 14.7 Å². The molecule has 0 aliphatic carbocycles. The molecule has 0 saturated carbocycles. The Hall–Kier alpha value is -0.610. The summed E-state index contributed by atoms with van der Waals surface area (Å²) >= 11 is 0. The van der Waals surface area contributed by atoms with E-state index in [-0.39, 0.29) is 5.91 Å². The van der Waals surface area contributed by atoms with Gasteiger partial charge in [-0.1, -0.05) is 13.8 Å². The molecule has 1 fully saturated rings. The molecule has 0 aromatic heterocycles. The second kappa shape index (κ2) is 9.42. The highest BCUT2D eigenvalue weighted by Gasteiger charge is 2.16. The second-order valence-electron chi connectivity index (χ2n) is 7.17. The molecule has 0 aromatic carbocycles. The molecule has 1 aliphatic heterocycles. The molecular weight excluding hydrogens is 262 g/mol. The average Bonchev–Trinajstić information content (AvgIpc) is 2.39. The topological polar surface area (TPSA) is 26.8 Å². The molecule has 2 unspecified atom stereocenters. The number of carbonyl (C=O) groups excluding carboxylic acids is 1. The van der Waals surface area contributed by atoms with Gasteiger partial charge in [0.2, 0.25) is 5.91 Å². The van der Waals surface area contributed by atoms with E-state index < -0.39 is 0 Å². The molecule has 4 heteroatoms. The van der Waals surface area contributed by atoms with Gasteiger partial charge in [0.25, 0.3) is 0 Å². The molecule has 4 nitrogen and oxygen atoms in total. The highest BCUT2D eigenvalue weighted by atomic mass is 16.2. The Bertz CT molecular complexity index is 308. The van der Waals surface area contributed by atoms with Gasteiger partial charge in [-0.2, -0.15) is 0 Å². The SMILES string of the molecule is CC(=O)N1CCC(C)CN(C)CCCN(C)CCC(C)C1. The van der Waals surface area contributed by atoms with Gasteiger partial charge in [0.15, 0.2) is 0 Å². The lowest BCUT2D eigenvalue weighted by molar-refractivity contribution is -0.129. The van der Waals surface area contributed by atoms with Crippen LogP contribution >= 0.6 is 0 Å². The van der Waals surface area contributed by atoms with Crippen LogP contribution in [0, 0.1) is 11.8 Å². The molecule has 0 bridgehead atoms. The predicted molar refractivity (Wildman–Crippen MR) is 89.4 cm³/mol. The summed E-state index contributed by atoms with van der Waals surface area (Å²) in [5.74, 6) is 1.45. The zero-order valence-corrected chi connectivity index (χ0v) is 14.8. The Morgan fingerprint density at radius 3 is 2.10 bits per heavy atom. The second-order valence-corrected chi connectivity index (χ2v) is 7.17. The van der Waals surface area contributed by atoms with Crippen molar-refractivity contribution in [2.24, 2.45) is 11.8 Å². The lowest BCUT2D eigenvalue weighted by Gasteiger charge is -2.29. The summed E-state index contributed by atoms with van der Waals surface area (Å²) in [7, 11) is 4.43. The fourth-order valence-corrected chi connectivity index (χ4v) is 3.10. The fourth-order valence-electron chi connectivity index (χ4n) is 3.10. The molecule has 0 N–H and O–H groups in total. The van der Waals surface area contributed by atoms with Gasteiger partial charge in [0.05, 0.1) is 0 Å². The van der Waals surface area contributed by atoms with Crippen molar-refractivity contribution in [1.29, 1.82) is 0 Å². The number of nitrogens with zero attached hydrogens (tertiary/aromatic N) is 3. The number of hydrogen-bond acceptors (Lipinski definition) is 3. The van der Waals surface area contributed by atoms with Crippen molar-refractivity contribution in [3.8, 4) is 0 Å². The largest absolute Gasteiger partial charge is 0.343 e. The third kappa shape index (κ3) is 7.82. The minimum atomic E-state index is 0.225. The van der Waals surface area contributed by atoms with Crippen molar-refractivity contribution in [2.45, 2.75) is 40.0 Å². The van der Waals surface area contributed by atoms with Gasteiger partial charge >= 0.3 is 0 Å². The molecule has 1 heterocycles. The Kier molecular flexibility index (Phi) is 8.27. The van der Waals surface area contributed by atoms with Crippen LogP contribution < -0.4 is 0 Å². The van der Waals surface area contributed by atoms with Crippen LogP contribution in [0.5, 0.6) is 0 Å². The van der Waals surface area contributed by atoms with Crippen molar-refractivity contribution < 1.29 is 4.79 Å². The van der Waals surface area contributed by atoms with E-state index in [2.05, 4.69) is 37.7 Å². The maximum Gasteiger partial charge on any atom is 0.219 e. The lowest BCUT2D eigenvalue weighted by atomic mass is 10.0. The highest BCUT2D eigenvalue weighted by Crippen LogP contribution is 2.12. The van der Waals surface area contributed by atoms with E-state index >= 15 is 0 Å². The molecule has 2 atom stereocenters. The van der Waals surface area contributed by atoms with Gasteiger partial charge in [-0.3, -0.25) is 4.79 Å². The molecule has 0 aromatic rings. The molecule has 1 saturated heterocycles. The molecule has 1 amide bonds. The summed E-state index contributed by atoms with van der Waals surface area (Å²) in [4.78, 5) is 18.7. The first-order valence-corrected chi connectivity index (χ1v) is 8.51. The highest BCUT2D eigenvalue weighted by molar-refractivity contribution is 5.73. The standard InChI is InChI=1S/C17H35N3O/c1-15-8-12-20(17(3)21)14-16(2)7-11-18(4)9-6-10-19(5)13-15/h15-16H,6-14H2,1-5H3. The molecule has 1 rings (SSSR count). The number of amides is 1. The van der Waals surface area contributed by atoms with Crippen LogP contribution in [0.25, 0.3) is 0 Å². The molecular formula is C17H35N3O. The van der Waals surface area contributed by atoms with Gasteiger partial charge in [0, 0.05) is 26.6 Å². The Labute approximate surface area is 131 Å². The smallest absolute Gasteiger partial charge is 0.219 e. The quantitative estimate of drug-likeness (QED) is 0.685. The van der Waals surface area contributed by atoms with E-state index in [0.29, 0.717) is 11.8 Å². The van der Waals surface area contributed by atoms with Crippen LogP contribution in [-0.2, 0) is 4.79 Å². The summed E-state index contributed by atoms with van der Waals surface area (Å²) in [6.07, 6.45) is 3.52. The third-order valence-corrected chi connectivity index (χ3v) is 4.58. The van der Waals surface area contributed by atoms with Gasteiger partial charge < -0.3 is 14.7 Å². The van der Waals surface area contributed by atoms with Crippen LogP contribution in [0.1, 0.15) is 40.0 Å². The molecule has 1 aliphatic rings. The maximum absolute atomic E-state index is 11.8. The van der Waals surface area contributed by atoms with Gasteiger partial charge in [-0.25, -0.2) is 0 Å². The van der Waals surface area contributed by atoms with Crippen LogP contribution in [0.3, 0.4) is 0 Å². The molecule has 0 spiro atoms. The Morgan fingerprint density at radius 2 is 1.43 bits per heavy atom. The number of carbonyl (C=O) groups is 1. The minimum Gasteiger partial charge on any atom is -0.343 e. The van der Waals surface area contributed by atoms with Crippen LogP contribution in [0.4, 0.5) is 0 Å². The van der Waals surface area contributed by atoms with Crippen molar-refractivity contribution >= 4 is 5.91 Å². The van der Waals surface area contributed by atoms with E-state index in [1.165, 1.54) is 25.9 Å². The fraction of sp³-hybridized carbons (Fsp3) is 0.941. The number of hydrogen-bond donors (Lipinski definition) is 0. The van der Waals surface area contributed by atoms with E-state index in [0.717, 1.165) is 32.6 Å². The average molecular weight is 297 g/mol. The first-order valence-electron chi connectivity index (χ1n) is 8.51. The van der Waals surface area contributed by atoms with Crippen LogP contribution in [0.2, 0.25) is 0 Å². The van der Waals surface area contributed by atoms with Gasteiger partial charge in [-0.15, -0.1) is 0 Å². The van der Waals surface area contributed by atoms with Crippen LogP contribution in [-0.4, -0.2) is 74.0 Å². The van der Waals surface area contributed by atoms with Crippen molar-refractivity contribution in [2.75, 3.05) is 53.4 Å². The monoisotopic (exact) mass is 297 g/mol. The van der Waals surface area contributed by atoms with Gasteiger partial charge in [0.1, 0.15) is 0 Å². The first kappa shape index (κ1) is 18.4. The maximum atomic E-state index is 11.8. The predicted octanol–water partition coefficient (Wildman–Crippen LogP) is 2.15. The third-order valence-electron chi connectivity index (χ3n) is 4.58. The Morgan fingerprint density at radius 1 is 0.857 bits per heavy atom. The lowest BCUT2D eigenvalue weighted by Crippen LogP contribution is -2.37. The number of rotatable bonds is 0. The normalized spacial score (nSPS) is 29.1. The minimum absolute atomic E-state index is 0.225. The van der Waals surface area contributed by atoms with E-state index in [9.17, 15) is 4.79 Å². The van der Waals surface area contributed by atoms with Crippen molar-refractivity contribution in [3.05, 3.63) is 0 Å².